The van der Waals surface area contributed by atoms with E-state index >= 15 is 0 Å². The van der Waals surface area contributed by atoms with Crippen LogP contribution in [-0.2, 0) is 6.54 Å². The Bertz CT molecular complexity index is 643. The molecule has 5 nitrogen and oxygen atoms in total. The molecule has 0 amide bonds. The number of piperidine rings is 1. The average molecular weight is 309 g/mol. The number of hydrogen-bond acceptors (Lipinski definition) is 3. The lowest BCUT2D eigenvalue weighted by molar-refractivity contribution is 0.277. The van der Waals surface area contributed by atoms with E-state index in [4.69, 9.17) is 5.73 Å². The van der Waals surface area contributed by atoms with E-state index in [2.05, 4.69) is 26.8 Å². The lowest BCUT2D eigenvalue weighted by atomic mass is 10.00. The van der Waals surface area contributed by atoms with Crippen molar-refractivity contribution in [3.05, 3.63) is 48.5 Å². The summed E-state index contributed by atoms with van der Waals surface area (Å²) < 4.78 is 0. The van der Waals surface area contributed by atoms with E-state index in [1.807, 2.05) is 42.7 Å². The van der Waals surface area contributed by atoms with E-state index in [1.54, 1.807) is 0 Å². The molecule has 1 fully saturated rings. The number of nitrogens with zero attached hydrogens (tertiary/aromatic N) is 4. The molecule has 120 valence electrons. The molecule has 1 aliphatic heterocycles. The Kier molecular flexibility index (Phi) is 4.86. The second-order valence-corrected chi connectivity index (χ2v) is 6.10. The summed E-state index contributed by atoms with van der Waals surface area (Å²) in [6, 6.07) is 10.1. The minimum Gasteiger partial charge on any atom is -0.370 e. The van der Waals surface area contributed by atoms with Gasteiger partial charge in [0, 0.05) is 31.0 Å². The van der Waals surface area contributed by atoms with Crippen molar-refractivity contribution >= 4 is 5.96 Å². The van der Waals surface area contributed by atoms with E-state index in [0.29, 0.717) is 18.3 Å². The van der Waals surface area contributed by atoms with Crippen LogP contribution in [0.3, 0.4) is 0 Å². The maximum Gasteiger partial charge on any atom is 0.191 e. The topological polar surface area (TPSA) is 67.4 Å². The maximum absolute atomic E-state index is 6.08. The second kappa shape index (κ2) is 7.22. The maximum atomic E-state index is 6.08. The van der Waals surface area contributed by atoms with Gasteiger partial charge in [0.1, 0.15) is 12.4 Å². The van der Waals surface area contributed by atoms with Crippen molar-refractivity contribution in [3.63, 3.8) is 0 Å². The number of likely N-dealkylation sites (tertiary alicyclic amines) is 1. The van der Waals surface area contributed by atoms with Gasteiger partial charge in [0.25, 0.3) is 0 Å². The number of benzene rings is 1. The Morgan fingerprint density at radius 2 is 1.78 bits per heavy atom. The Hall–Kier alpha value is -2.43. The van der Waals surface area contributed by atoms with Crippen LogP contribution in [0, 0.1) is 5.92 Å². The molecule has 1 saturated heterocycles. The molecule has 1 aromatic carbocycles. The van der Waals surface area contributed by atoms with E-state index in [9.17, 15) is 0 Å². The lowest BCUT2D eigenvalue weighted by Gasteiger charge is -2.30. The van der Waals surface area contributed by atoms with Crippen LogP contribution in [0.2, 0.25) is 0 Å². The summed E-state index contributed by atoms with van der Waals surface area (Å²) in [6.07, 6.45) is 6.04. The fraction of sp³-hybridized carbons (Fsp3) is 0.389. The fourth-order valence-electron chi connectivity index (χ4n) is 2.71. The second-order valence-electron chi connectivity index (χ2n) is 6.10. The molecule has 0 bridgehead atoms. The highest BCUT2D eigenvalue weighted by Crippen LogP contribution is 2.17. The Morgan fingerprint density at radius 1 is 1.13 bits per heavy atom. The van der Waals surface area contributed by atoms with Crippen molar-refractivity contribution in [2.24, 2.45) is 16.6 Å². The van der Waals surface area contributed by atoms with Crippen molar-refractivity contribution in [3.8, 4) is 11.1 Å². The zero-order valence-electron chi connectivity index (χ0n) is 13.5. The number of aromatic nitrogens is 2. The Labute approximate surface area is 137 Å². The minimum absolute atomic E-state index is 0.424. The monoisotopic (exact) mass is 309 g/mol. The molecular formula is C18H23N5. The molecule has 0 aliphatic carbocycles. The number of aliphatic imine (C=N–C) groups is 1. The van der Waals surface area contributed by atoms with Gasteiger partial charge >= 0.3 is 0 Å². The minimum atomic E-state index is 0.424. The quantitative estimate of drug-likeness (QED) is 0.699. The lowest BCUT2D eigenvalue weighted by Crippen LogP contribution is -2.42. The molecule has 1 aliphatic rings. The highest BCUT2D eigenvalue weighted by molar-refractivity contribution is 5.78. The van der Waals surface area contributed by atoms with Gasteiger partial charge in [0.15, 0.2) is 5.96 Å². The molecule has 2 heterocycles. The van der Waals surface area contributed by atoms with Crippen LogP contribution in [0.1, 0.15) is 25.6 Å². The first kappa shape index (κ1) is 15.5. The third-order valence-corrected chi connectivity index (χ3v) is 4.30. The molecule has 1 aromatic heterocycles. The molecule has 0 atom stereocenters. The van der Waals surface area contributed by atoms with Crippen LogP contribution in [0.15, 0.2) is 47.7 Å². The molecule has 5 heteroatoms. The van der Waals surface area contributed by atoms with E-state index < -0.39 is 0 Å². The largest absolute Gasteiger partial charge is 0.370 e. The molecule has 3 rings (SSSR count). The van der Waals surface area contributed by atoms with Gasteiger partial charge in [0.2, 0.25) is 0 Å². The molecule has 2 aromatic rings. The average Bonchev–Trinajstić information content (AvgIpc) is 2.61. The normalized spacial score (nSPS) is 16.6. The Morgan fingerprint density at radius 3 is 2.43 bits per heavy atom. The summed E-state index contributed by atoms with van der Waals surface area (Å²) in [7, 11) is 0. The molecule has 23 heavy (non-hydrogen) atoms. The van der Waals surface area contributed by atoms with Crippen molar-refractivity contribution < 1.29 is 0 Å². The van der Waals surface area contributed by atoms with Crippen molar-refractivity contribution in [1.29, 1.82) is 0 Å². The zero-order chi connectivity index (χ0) is 16.1. The van der Waals surface area contributed by atoms with E-state index in [-0.39, 0.29) is 0 Å². The molecule has 0 unspecified atom stereocenters. The van der Waals surface area contributed by atoms with Gasteiger partial charge in [0.05, 0.1) is 0 Å². The van der Waals surface area contributed by atoms with Crippen LogP contribution in [0.4, 0.5) is 0 Å². The van der Waals surface area contributed by atoms with Crippen molar-refractivity contribution in [1.82, 2.24) is 14.9 Å². The third kappa shape index (κ3) is 4.06. The molecule has 0 saturated carbocycles. The number of guanidine groups is 1. The zero-order valence-corrected chi connectivity index (χ0v) is 13.5. The molecular weight excluding hydrogens is 286 g/mol. The predicted molar refractivity (Wildman–Crippen MR) is 92.8 cm³/mol. The van der Waals surface area contributed by atoms with Gasteiger partial charge in [-0.15, -0.1) is 0 Å². The van der Waals surface area contributed by atoms with Gasteiger partial charge < -0.3 is 10.6 Å². The molecule has 2 N–H and O–H groups in total. The van der Waals surface area contributed by atoms with Crippen LogP contribution in [0.25, 0.3) is 11.1 Å². The van der Waals surface area contributed by atoms with E-state index in [0.717, 1.165) is 30.1 Å². The standard InChI is InChI=1S/C18H23N5/c1-14-7-9-23(10-8-14)18(19)22-13-17-20-11-16(12-21-17)15-5-3-2-4-6-15/h2-6,11-12,14H,7-10,13H2,1H3,(H2,19,22). The highest BCUT2D eigenvalue weighted by Gasteiger charge is 2.16. The van der Waals surface area contributed by atoms with Crippen LogP contribution < -0.4 is 5.73 Å². The van der Waals surface area contributed by atoms with Crippen LogP contribution >= 0.6 is 0 Å². The van der Waals surface area contributed by atoms with Crippen molar-refractivity contribution in [2.45, 2.75) is 26.3 Å². The summed E-state index contributed by atoms with van der Waals surface area (Å²) in [5, 5.41) is 0. The highest BCUT2D eigenvalue weighted by atomic mass is 15.3. The first-order valence-electron chi connectivity index (χ1n) is 8.13. The summed E-state index contributed by atoms with van der Waals surface area (Å²) in [5.74, 6) is 2.08. The number of rotatable bonds is 3. The Balaban J connectivity index is 1.61. The first-order chi connectivity index (χ1) is 11.2. The molecule has 0 spiro atoms. The van der Waals surface area contributed by atoms with Crippen molar-refractivity contribution in [2.75, 3.05) is 13.1 Å². The number of hydrogen-bond donors (Lipinski definition) is 1. The summed E-state index contributed by atoms with van der Waals surface area (Å²) in [6.45, 7) is 4.69. The van der Waals surface area contributed by atoms with Gasteiger partial charge in [-0.25, -0.2) is 15.0 Å². The third-order valence-electron chi connectivity index (χ3n) is 4.30. The SMILES string of the molecule is CC1CCN(C(N)=NCc2ncc(-c3ccccc3)cn2)CC1. The van der Waals surface area contributed by atoms with Crippen LogP contribution in [0.5, 0.6) is 0 Å². The van der Waals surface area contributed by atoms with Gasteiger partial charge in [-0.1, -0.05) is 37.3 Å². The van der Waals surface area contributed by atoms with Gasteiger partial charge in [-0.05, 0) is 24.3 Å². The van der Waals surface area contributed by atoms with Gasteiger partial charge in [-0.2, -0.15) is 0 Å². The fourth-order valence-corrected chi connectivity index (χ4v) is 2.71. The first-order valence-corrected chi connectivity index (χ1v) is 8.13. The smallest absolute Gasteiger partial charge is 0.191 e. The van der Waals surface area contributed by atoms with E-state index in [1.165, 1.54) is 12.8 Å². The van der Waals surface area contributed by atoms with Gasteiger partial charge in [-0.3, -0.25) is 0 Å². The summed E-state index contributed by atoms with van der Waals surface area (Å²) in [4.78, 5) is 15.4. The predicted octanol–water partition coefficient (Wildman–Crippen LogP) is 2.69. The summed E-state index contributed by atoms with van der Waals surface area (Å²) in [5.41, 5.74) is 8.21. The molecule has 0 radical (unpaired) electrons. The number of nitrogens with two attached hydrogens (primary N) is 1. The summed E-state index contributed by atoms with van der Waals surface area (Å²) >= 11 is 0. The van der Waals surface area contributed by atoms with Crippen LogP contribution in [-0.4, -0.2) is 33.9 Å².